The van der Waals surface area contributed by atoms with Crippen LogP contribution >= 0.6 is 11.8 Å². The quantitative estimate of drug-likeness (QED) is 0.122. The fraction of sp³-hybridized carbons (Fsp3) is 0.171. The van der Waals surface area contributed by atoms with E-state index in [-0.39, 0.29) is 17.4 Å². The van der Waals surface area contributed by atoms with Gasteiger partial charge in [0.15, 0.2) is 11.5 Å². The summed E-state index contributed by atoms with van der Waals surface area (Å²) in [5.74, 6) is 0.294. The van der Waals surface area contributed by atoms with E-state index in [2.05, 4.69) is 16.0 Å². The van der Waals surface area contributed by atoms with Crippen molar-refractivity contribution in [1.29, 1.82) is 0 Å². The Balaban J connectivity index is 1.55. The van der Waals surface area contributed by atoms with E-state index in [9.17, 15) is 14.4 Å². The van der Waals surface area contributed by atoms with E-state index in [1.165, 1.54) is 39.2 Å². The summed E-state index contributed by atoms with van der Waals surface area (Å²) in [7, 11) is 4.50. The van der Waals surface area contributed by atoms with Gasteiger partial charge in [0, 0.05) is 33.5 Å². The molecule has 0 unspecified atom stereocenters. The van der Waals surface area contributed by atoms with Crippen molar-refractivity contribution in [1.82, 2.24) is 5.32 Å². The number of thioether (sulfide) groups is 1. The average molecular weight is 626 g/mol. The van der Waals surface area contributed by atoms with Crippen molar-refractivity contribution in [2.24, 2.45) is 0 Å². The molecule has 0 fully saturated rings. The fourth-order valence-corrected chi connectivity index (χ4v) is 5.09. The molecule has 0 saturated carbocycles. The first kappa shape index (κ1) is 32.7. The van der Waals surface area contributed by atoms with Gasteiger partial charge in [0.2, 0.25) is 5.91 Å². The number of methoxy groups -OCH3 is 3. The smallest absolute Gasteiger partial charge is 0.272 e. The largest absolute Gasteiger partial charge is 0.496 e. The minimum Gasteiger partial charge on any atom is -0.496 e. The first-order valence-corrected chi connectivity index (χ1v) is 15.0. The number of carbonyl (C=O) groups is 3. The normalized spacial score (nSPS) is 10.9. The molecule has 4 aromatic carbocycles. The van der Waals surface area contributed by atoms with Gasteiger partial charge in [0.1, 0.15) is 11.4 Å². The van der Waals surface area contributed by atoms with E-state index in [1.54, 1.807) is 60.7 Å². The molecule has 10 heteroatoms. The number of hydrogen-bond acceptors (Lipinski definition) is 7. The molecular weight excluding hydrogens is 590 g/mol. The highest BCUT2D eigenvalue weighted by Gasteiger charge is 2.18. The standard InChI is InChI=1S/C35H35N3O6S/c1-22-14-15-23(2)28(16-22)37-33(39)21-45-27-13-9-12-26(19-27)36-35(41)29(38-34(40)24-10-7-6-8-11-24)17-25-18-31(43-4)32(44-5)20-30(25)42-3/h6-20H,21H2,1-5H3,(H,36,41)(H,37,39)(H,38,40)/b29-17+. The Hall–Kier alpha value is -5.22. The summed E-state index contributed by atoms with van der Waals surface area (Å²) in [5.41, 5.74) is 4.15. The van der Waals surface area contributed by atoms with Gasteiger partial charge in [-0.2, -0.15) is 0 Å². The second kappa shape index (κ2) is 15.5. The van der Waals surface area contributed by atoms with Crippen LogP contribution in [0, 0.1) is 13.8 Å². The molecule has 0 aromatic heterocycles. The summed E-state index contributed by atoms with van der Waals surface area (Å²) in [5, 5.41) is 8.54. The molecular formula is C35H35N3O6S. The highest BCUT2D eigenvalue weighted by Crippen LogP contribution is 2.35. The zero-order valence-corrected chi connectivity index (χ0v) is 26.5. The van der Waals surface area contributed by atoms with Crippen LogP contribution in [0.2, 0.25) is 0 Å². The minimum atomic E-state index is -0.564. The molecule has 45 heavy (non-hydrogen) atoms. The van der Waals surface area contributed by atoms with Gasteiger partial charge >= 0.3 is 0 Å². The summed E-state index contributed by atoms with van der Waals surface area (Å²) in [6.45, 7) is 3.92. The molecule has 4 rings (SSSR count). The molecule has 4 aromatic rings. The maximum Gasteiger partial charge on any atom is 0.272 e. The van der Waals surface area contributed by atoms with Crippen LogP contribution in [-0.2, 0) is 9.59 Å². The number of rotatable bonds is 12. The lowest BCUT2D eigenvalue weighted by atomic mass is 10.1. The van der Waals surface area contributed by atoms with E-state index in [0.717, 1.165) is 21.7 Å². The number of amides is 3. The summed E-state index contributed by atoms with van der Waals surface area (Å²) in [6.07, 6.45) is 1.51. The van der Waals surface area contributed by atoms with Crippen LogP contribution in [0.25, 0.3) is 6.08 Å². The summed E-state index contributed by atoms with van der Waals surface area (Å²) >= 11 is 1.34. The van der Waals surface area contributed by atoms with E-state index in [4.69, 9.17) is 14.2 Å². The molecule has 3 amide bonds. The van der Waals surface area contributed by atoms with Gasteiger partial charge in [0.25, 0.3) is 11.8 Å². The van der Waals surface area contributed by atoms with Crippen molar-refractivity contribution in [3.05, 3.63) is 113 Å². The van der Waals surface area contributed by atoms with Gasteiger partial charge in [-0.1, -0.05) is 36.4 Å². The van der Waals surface area contributed by atoms with E-state index in [0.29, 0.717) is 34.1 Å². The van der Waals surface area contributed by atoms with E-state index < -0.39 is 11.8 Å². The highest BCUT2D eigenvalue weighted by molar-refractivity contribution is 8.00. The third-order valence-electron chi connectivity index (χ3n) is 6.69. The number of aryl methyl sites for hydroxylation is 2. The van der Waals surface area contributed by atoms with Gasteiger partial charge in [-0.3, -0.25) is 14.4 Å². The SMILES string of the molecule is COc1cc(OC)c(OC)cc1/C=C(/NC(=O)c1ccccc1)C(=O)Nc1cccc(SCC(=O)Nc2cc(C)ccc2C)c1. The molecule has 0 bridgehead atoms. The average Bonchev–Trinajstić information content (AvgIpc) is 3.05. The van der Waals surface area contributed by atoms with Crippen LogP contribution in [0.4, 0.5) is 11.4 Å². The number of hydrogen-bond donors (Lipinski definition) is 3. The maximum absolute atomic E-state index is 13.6. The zero-order chi connectivity index (χ0) is 32.3. The van der Waals surface area contributed by atoms with Crippen molar-refractivity contribution in [2.45, 2.75) is 18.7 Å². The summed E-state index contributed by atoms with van der Waals surface area (Å²) < 4.78 is 16.3. The molecule has 0 aliphatic rings. The van der Waals surface area contributed by atoms with Gasteiger partial charge in [-0.15, -0.1) is 11.8 Å². The maximum atomic E-state index is 13.6. The molecule has 0 radical (unpaired) electrons. The molecule has 3 N–H and O–H groups in total. The van der Waals surface area contributed by atoms with Gasteiger partial charge < -0.3 is 30.2 Å². The third kappa shape index (κ3) is 8.90. The van der Waals surface area contributed by atoms with Crippen molar-refractivity contribution < 1.29 is 28.6 Å². The van der Waals surface area contributed by atoms with Crippen molar-refractivity contribution in [2.75, 3.05) is 37.7 Å². The van der Waals surface area contributed by atoms with E-state index in [1.807, 2.05) is 38.1 Å². The van der Waals surface area contributed by atoms with Crippen LogP contribution in [-0.4, -0.2) is 44.8 Å². The molecule has 0 saturated heterocycles. The lowest BCUT2D eigenvalue weighted by molar-refractivity contribution is -0.114. The Bertz CT molecular complexity index is 1720. The Morgan fingerprint density at radius 1 is 0.756 bits per heavy atom. The van der Waals surface area contributed by atoms with Crippen molar-refractivity contribution in [3.8, 4) is 17.2 Å². The lowest BCUT2D eigenvalue weighted by Crippen LogP contribution is -2.30. The van der Waals surface area contributed by atoms with Crippen LogP contribution < -0.4 is 30.2 Å². The third-order valence-corrected chi connectivity index (χ3v) is 7.69. The lowest BCUT2D eigenvalue weighted by Gasteiger charge is -2.15. The topological polar surface area (TPSA) is 115 Å². The number of carbonyl (C=O) groups excluding carboxylic acids is 3. The first-order chi connectivity index (χ1) is 21.7. The monoisotopic (exact) mass is 625 g/mol. The van der Waals surface area contributed by atoms with Gasteiger partial charge in [0.05, 0.1) is 27.1 Å². The van der Waals surface area contributed by atoms with Gasteiger partial charge in [-0.05, 0) is 73.5 Å². The second-order valence-electron chi connectivity index (χ2n) is 9.96. The molecule has 0 spiro atoms. The summed E-state index contributed by atoms with van der Waals surface area (Å²) in [6, 6.07) is 24.9. The Labute approximate surface area is 267 Å². The van der Waals surface area contributed by atoms with E-state index >= 15 is 0 Å². The number of anilines is 2. The Kier molecular flexibility index (Phi) is 11.3. The second-order valence-corrected chi connectivity index (χ2v) is 11.0. The van der Waals surface area contributed by atoms with Crippen molar-refractivity contribution in [3.63, 3.8) is 0 Å². The highest BCUT2D eigenvalue weighted by atomic mass is 32.2. The molecule has 0 aliphatic heterocycles. The minimum absolute atomic E-state index is 0.0275. The predicted octanol–water partition coefficient (Wildman–Crippen LogP) is 6.47. The number of nitrogens with one attached hydrogen (secondary N) is 3. The van der Waals surface area contributed by atoms with Crippen LogP contribution in [0.3, 0.4) is 0 Å². The molecule has 0 aliphatic carbocycles. The molecule has 9 nitrogen and oxygen atoms in total. The fourth-order valence-electron chi connectivity index (χ4n) is 4.33. The number of ether oxygens (including phenoxy) is 3. The molecule has 232 valence electrons. The molecule has 0 heterocycles. The van der Waals surface area contributed by atoms with Crippen LogP contribution in [0.1, 0.15) is 27.0 Å². The van der Waals surface area contributed by atoms with Crippen LogP contribution in [0.5, 0.6) is 17.2 Å². The van der Waals surface area contributed by atoms with Crippen molar-refractivity contribution >= 4 is 46.9 Å². The summed E-state index contributed by atoms with van der Waals surface area (Å²) in [4.78, 5) is 40.2. The molecule has 0 atom stereocenters. The predicted molar refractivity (Wildman–Crippen MR) is 178 cm³/mol. The zero-order valence-electron chi connectivity index (χ0n) is 25.7. The Morgan fingerprint density at radius 2 is 1.47 bits per heavy atom. The first-order valence-electron chi connectivity index (χ1n) is 14.0. The Morgan fingerprint density at radius 3 is 2.18 bits per heavy atom. The number of benzene rings is 4. The van der Waals surface area contributed by atoms with Crippen LogP contribution in [0.15, 0.2) is 95.5 Å². The van der Waals surface area contributed by atoms with Gasteiger partial charge in [-0.25, -0.2) is 0 Å².